The molecule has 4 heterocycles. The highest BCUT2D eigenvalue weighted by atomic mass is 32.1. The summed E-state index contributed by atoms with van der Waals surface area (Å²) in [7, 11) is 0. The molecule has 6 nitrogen and oxygen atoms in total. The molecule has 1 aliphatic rings. The van der Waals surface area contributed by atoms with Gasteiger partial charge in [-0.25, -0.2) is 15.0 Å². The number of nitrogens with zero attached hydrogens (tertiary/aromatic N) is 4. The van der Waals surface area contributed by atoms with Crippen molar-refractivity contribution >= 4 is 49.7 Å². The number of amides is 1. The molecule has 1 N–H and O–H groups in total. The summed E-state index contributed by atoms with van der Waals surface area (Å²) in [6.45, 7) is 2.75. The summed E-state index contributed by atoms with van der Waals surface area (Å²) in [5.74, 6) is 0.836. The zero-order chi connectivity index (χ0) is 15.8. The minimum Gasteiger partial charge on any atom is -0.344 e. The third-order valence-electron chi connectivity index (χ3n) is 3.92. The molecule has 0 aliphatic carbocycles. The molecular formula is C15H15N5OS2. The molecule has 8 heteroatoms. The molecule has 1 amide bonds. The lowest BCUT2D eigenvalue weighted by atomic mass is 10.2. The SMILES string of the molecule is Cc1csc(NC(=O)[C@H]2CCCN2c2ncnc3sccc23)n1. The fraction of sp³-hybridized carbons (Fsp3) is 0.333. The van der Waals surface area contributed by atoms with Crippen molar-refractivity contribution in [1.29, 1.82) is 0 Å². The van der Waals surface area contributed by atoms with Crippen LogP contribution in [0.2, 0.25) is 0 Å². The summed E-state index contributed by atoms with van der Waals surface area (Å²) in [6, 6.07) is 1.81. The number of thiophene rings is 1. The first kappa shape index (κ1) is 14.5. The van der Waals surface area contributed by atoms with E-state index in [4.69, 9.17) is 0 Å². The molecular weight excluding hydrogens is 330 g/mol. The molecule has 1 saturated heterocycles. The number of fused-ring (bicyclic) bond motifs is 1. The number of aryl methyl sites for hydroxylation is 1. The number of carbonyl (C=O) groups excluding carboxylic acids is 1. The number of rotatable bonds is 3. The van der Waals surface area contributed by atoms with Gasteiger partial charge in [-0.3, -0.25) is 4.79 Å². The topological polar surface area (TPSA) is 71.0 Å². The Bertz CT molecular complexity index is 858. The van der Waals surface area contributed by atoms with Gasteiger partial charge in [0.25, 0.3) is 0 Å². The predicted octanol–water partition coefficient (Wildman–Crippen LogP) is 3.06. The quantitative estimate of drug-likeness (QED) is 0.790. The molecule has 0 unspecified atom stereocenters. The van der Waals surface area contributed by atoms with Crippen LogP contribution in [0.3, 0.4) is 0 Å². The molecule has 1 fully saturated rings. The number of carbonyl (C=O) groups is 1. The van der Waals surface area contributed by atoms with Gasteiger partial charge in [-0.1, -0.05) is 0 Å². The molecule has 23 heavy (non-hydrogen) atoms. The van der Waals surface area contributed by atoms with Gasteiger partial charge in [-0.05, 0) is 31.2 Å². The van der Waals surface area contributed by atoms with Crippen LogP contribution in [0.15, 0.2) is 23.2 Å². The van der Waals surface area contributed by atoms with Gasteiger partial charge in [-0.2, -0.15) is 0 Å². The maximum Gasteiger partial charge on any atom is 0.248 e. The summed E-state index contributed by atoms with van der Waals surface area (Å²) >= 11 is 3.04. The van der Waals surface area contributed by atoms with Gasteiger partial charge in [0.1, 0.15) is 23.0 Å². The predicted molar refractivity (Wildman–Crippen MR) is 93.3 cm³/mol. The van der Waals surface area contributed by atoms with Crippen LogP contribution in [-0.4, -0.2) is 33.4 Å². The normalized spacial score (nSPS) is 17.8. The van der Waals surface area contributed by atoms with Crippen molar-refractivity contribution in [2.24, 2.45) is 0 Å². The second-order valence-corrected chi connectivity index (χ2v) is 7.22. The van der Waals surface area contributed by atoms with Crippen LogP contribution in [-0.2, 0) is 4.79 Å². The van der Waals surface area contributed by atoms with E-state index in [1.165, 1.54) is 11.3 Å². The van der Waals surface area contributed by atoms with Crippen LogP contribution in [0.25, 0.3) is 10.2 Å². The minimum atomic E-state index is -0.211. The maximum atomic E-state index is 12.7. The lowest BCUT2D eigenvalue weighted by Gasteiger charge is -2.24. The third kappa shape index (κ3) is 2.68. The van der Waals surface area contributed by atoms with Crippen LogP contribution in [0, 0.1) is 6.92 Å². The van der Waals surface area contributed by atoms with Crippen LogP contribution >= 0.6 is 22.7 Å². The van der Waals surface area contributed by atoms with Crippen LogP contribution in [0.4, 0.5) is 10.9 Å². The number of thiazole rings is 1. The van der Waals surface area contributed by atoms with Crippen molar-refractivity contribution in [3.8, 4) is 0 Å². The number of hydrogen-bond acceptors (Lipinski definition) is 7. The van der Waals surface area contributed by atoms with E-state index >= 15 is 0 Å². The van der Waals surface area contributed by atoms with E-state index in [0.29, 0.717) is 5.13 Å². The Morgan fingerprint density at radius 3 is 3.13 bits per heavy atom. The van der Waals surface area contributed by atoms with Gasteiger partial charge < -0.3 is 10.2 Å². The van der Waals surface area contributed by atoms with Gasteiger partial charge in [0.15, 0.2) is 5.13 Å². The van der Waals surface area contributed by atoms with E-state index < -0.39 is 0 Å². The second kappa shape index (κ2) is 5.86. The van der Waals surface area contributed by atoms with Gasteiger partial charge in [-0.15, -0.1) is 22.7 Å². The summed E-state index contributed by atoms with van der Waals surface area (Å²) in [4.78, 5) is 28.7. The molecule has 0 bridgehead atoms. The van der Waals surface area contributed by atoms with Gasteiger partial charge in [0.2, 0.25) is 5.91 Å². The monoisotopic (exact) mass is 345 g/mol. The molecule has 0 radical (unpaired) electrons. The second-order valence-electron chi connectivity index (χ2n) is 5.47. The molecule has 4 rings (SSSR count). The van der Waals surface area contributed by atoms with Crippen LogP contribution < -0.4 is 10.2 Å². The fourth-order valence-corrected chi connectivity index (χ4v) is 4.32. The Morgan fingerprint density at radius 2 is 2.30 bits per heavy atom. The molecule has 1 aliphatic heterocycles. The standard InChI is InChI=1S/C15H15N5OS2/c1-9-7-23-15(18-9)19-13(21)11-3-2-5-20(11)12-10-4-6-22-14(10)17-8-16-12/h4,6-8,11H,2-3,5H2,1H3,(H,18,19,21)/t11-/m1/s1. The highest BCUT2D eigenvalue weighted by Gasteiger charge is 2.33. The average molecular weight is 345 g/mol. The highest BCUT2D eigenvalue weighted by molar-refractivity contribution is 7.16. The number of nitrogens with one attached hydrogen (secondary N) is 1. The van der Waals surface area contributed by atoms with Crippen molar-refractivity contribution in [2.75, 3.05) is 16.8 Å². The first-order valence-corrected chi connectivity index (χ1v) is 9.16. The first-order valence-electron chi connectivity index (χ1n) is 7.40. The highest BCUT2D eigenvalue weighted by Crippen LogP contribution is 2.32. The van der Waals surface area contributed by atoms with E-state index in [1.807, 2.05) is 23.8 Å². The van der Waals surface area contributed by atoms with Gasteiger partial charge >= 0.3 is 0 Å². The molecule has 118 valence electrons. The molecule has 0 aromatic carbocycles. The van der Waals surface area contributed by atoms with Crippen molar-refractivity contribution in [3.63, 3.8) is 0 Å². The van der Waals surface area contributed by atoms with E-state index in [9.17, 15) is 4.79 Å². The molecule has 0 spiro atoms. The Hall–Kier alpha value is -2.06. The van der Waals surface area contributed by atoms with Crippen LogP contribution in [0.1, 0.15) is 18.5 Å². The largest absolute Gasteiger partial charge is 0.344 e. The average Bonchev–Trinajstić information content (AvgIpc) is 3.26. The summed E-state index contributed by atoms with van der Waals surface area (Å²) in [5.41, 5.74) is 0.921. The van der Waals surface area contributed by atoms with Crippen LogP contribution in [0.5, 0.6) is 0 Å². The Balaban J connectivity index is 1.61. The fourth-order valence-electron chi connectivity index (χ4n) is 2.90. The molecule has 3 aromatic heterocycles. The van der Waals surface area contributed by atoms with E-state index in [2.05, 4.69) is 25.2 Å². The first-order chi connectivity index (χ1) is 11.2. The summed E-state index contributed by atoms with van der Waals surface area (Å²) in [5, 5.41) is 8.54. The van der Waals surface area contributed by atoms with E-state index in [0.717, 1.165) is 41.1 Å². The lowest BCUT2D eigenvalue weighted by molar-refractivity contribution is -0.117. The van der Waals surface area contributed by atoms with Gasteiger partial charge in [0, 0.05) is 11.9 Å². The van der Waals surface area contributed by atoms with Gasteiger partial charge in [0.05, 0.1) is 11.1 Å². The molecule has 0 saturated carbocycles. The maximum absolute atomic E-state index is 12.7. The minimum absolute atomic E-state index is 0.0150. The number of hydrogen-bond donors (Lipinski definition) is 1. The Kier molecular flexibility index (Phi) is 3.70. The Labute approximate surface area is 141 Å². The van der Waals surface area contributed by atoms with Crippen molar-refractivity contribution in [1.82, 2.24) is 15.0 Å². The summed E-state index contributed by atoms with van der Waals surface area (Å²) in [6.07, 6.45) is 3.38. The zero-order valence-electron chi connectivity index (χ0n) is 12.5. The number of anilines is 2. The Morgan fingerprint density at radius 1 is 1.39 bits per heavy atom. The van der Waals surface area contributed by atoms with Crippen molar-refractivity contribution < 1.29 is 4.79 Å². The molecule has 1 atom stereocenters. The van der Waals surface area contributed by atoms with Crippen molar-refractivity contribution in [3.05, 3.63) is 28.8 Å². The smallest absolute Gasteiger partial charge is 0.248 e. The van der Waals surface area contributed by atoms with E-state index in [-0.39, 0.29) is 11.9 Å². The zero-order valence-corrected chi connectivity index (χ0v) is 14.2. The molecule has 3 aromatic rings. The number of aromatic nitrogens is 3. The summed E-state index contributed by atoms with van der Waals surface area (Å²) < 4.78 is 0. The lowest BCUT2D eigenvalue weighted by Crippen LogP contribution is -2.40. The van der Waals surface area contributed by atoms with Crippen molar-refractivity contribution in [2.45, 2.75) is 25.8 Å². The third-order valence-corrected chi connectivity index (χ3v) is 5.61. The van der Waals surface area contributed by atoms with E-state index in [1.54, 1.807) is 17.7 Å².